The minimum absolute atomic E-state index is 0.0650. The maximum absolute atomic E-state index is 12.1. The van der Waals surface area contributed by atoms with Crippen molar-refractivity contribution >= 4 is 29.2 Å². The lowest BCUT2D eigenvalue weighted by Gasteiger charge is -2.11. The van der Waals surface area contributed by atoms with Crippen molar-refractivity contribution < 1.29 is 23.8 Å². The van der Waals surface area contributed by atoms with Crippen LogP contribution in [0.5, 0.6) is 5.75 Å². The van der Waals surface area contributed by atoms with E-state index in [-0.39, 0.29) is 29.5 Å². The van der Waals surface area contributed by atoms with Crippen molar-refractivity contribution in [3.8, 4) is 5.75 Å². The van der Waals surface area contributed by atoms with Crippen LogP contribution < -0.4 is 10.5 Å². The number of nitrogen functional groups attached to an aromatic ring is 1. The van der Waals surface area contributed by atoms with Crippen LogP contribution in [0.1, 0.15) is 20.7 Å². The summed E-state index contributed by atoms with van der Waals surface area (Å²) < 4.78 is 15.2. The zero-order valence-corrected chi connectivity index (χ0v) is 13.7. The molecule has 0 saturated heterocycles. The topological polar surface area (TPSA) is 87.8 Å². The van der Waals surface area contributed by atoms with Crippen LogP contribution in [-0.2, 0) is 9.47 Å². The number of anilines is 1. The number of nitrogens with two attached hydrogens (primary N) is 1. The fourth-order valence-corrected chi connectivity index (χ4v) is 2.07. The van der Waals surface area contributed by atoms with E-state index < -0.39 is 11.9 Å². The number of esters is 2. The molecule has 2 aromatic rings. The molecule has 0 aliphatic rings. The summed E-state index contributed by atoms with van der Waals surface area (Å²) in [5, 5.41) is 0.221. The number of carbonyl (C=O) groups excluding carboxylic acids is 2. The molecule has 6 nitrogen and oxygen atoms in total. The fourth-order valence-electron chi connectivity index (χ4n) is 1.90. The van der Waals surface area contributed by atoms with Gasteiger partial charge in [0.15, 0.2) is 0 Å². The monoisotopic (exact) mass is 349 g/mol. The summed E-state index contributed by atoms with van der Waals surface area (Å²) in [6.45, 7) is -0.160. The van der Waals surface area contributed by atoms with Crippen molar-refractivity contribution in [3.63, 3.8) is 0 Å². The number of carbonyl (C=O) groups is 2. The molecule has 0 bridgehead atoms. The van der Waals surface area contributed by atoms with E-state index in [4.69, 9.17) is 31.5 Å². The molecule has 0 radical (unpaired) electrons. The molecule has 0 aliphatic carbocycles. The van der Waals surface area contributed by atoms with Gasteiger partial charge < -0.3 is 19.9 Å². The second-order valence-electron chi connectivity index (χ2n) is 4.71. The fraction of sp³-hybridized carbons (Fsp3) is 0.176. The molecule has 0 fully saturated rings. The highest BCUT2D eigenvalue weighted by Gasteiger charge is 2.16. The number of rotatable bonds is 6. The summed E-state index contributed by atoms with van der Waals surface area (Å²) in [4.78, 5) is 23.8. The molecule has 0 heterocycles. The average Bonchev–Trinajstić information content (AvgIpc) is 2.61. The van der Waals surface area contributed by atoms with Gasteiger partial charge in [-0.15, -0.1) is 0 Å². The number of hydrogen-bond donors (Lipinski definition) is 1. The van der Waals surface area contributed by atoms with Crippen molar-refractivity contribution in [3.05, 3.63) is 58.6 Å². The molecule has 0 aromatic heterocycles. The predicted molar refractivity (Wildman–Crippen MR) is 89.4 cm³/mol. The highest BCUT2D eigenvalue weighted by atomic mass is 35.5. The molecule has 2 rings (SSSR count). The van der Waals surface area contributed by atoms with E-state index in [2.05, 4.69) is 0 Å². The van der Waals surface area contributed by atoms with Crippen LogP contribution in [-0.4, -0.2) is 32.3 Å². The lowest BCUT2D eigenvalue weighted by molar-refractivity contribution is 0.0264. The molecular formula is C17H16ClNO5. The Balaban J connectivity index is 1.88. The van der Waals surface area contributed by atoms with Crippen LogP contribution in [0.4, 0.5) is 5.69 Å². The molecule has 0 spiro atoms. The van der Waals surface area contributed by atoms with Crippen molar-refractivity contribution in [2.75, 3.05) is 26.1 Å². The highest BCUT2D eigenvalue weighted by molar-refractivity contribution is 6.33. The molecule has 126 valence electrons. The zero-order chi connectivity index (χ0) is 17.5. The zero-order valence-electron chi connectivity index (χ0n) is 13.0. The van der Waals surface area contributed by atoms with Crippen LogP contribution in [0.25, 0.3) is 0 Å². The summed E-state index contributed by atoms with van der Waals surface area (Å²) in [6.07, 6.45) is 0. The van der Waals surface area contributed by atoms with Gasteiger partial charge in [0.2, 0.25) is 0 Å². The number of hydrogen-bond acceptors (Lipinski definition) is 6. The normalized spacial score (nSPS) is 10.1. The molecule has 0 unspecified atom stereocenters. The molecule has 0 saturated carbocycles. The van der Waals surface area contributed by atoms with E-state index >= 15 is 0 Å². The predicted octanol–water partition coefficient (Wildman–Crippen LogP) is 2.94. The molecule has 2 N–H and O–H groups in total. The smallest absolute Gasteiger partial charge is 0.342 e. The Bertz CT molecular complexity index is 733. The van der Waals surface area contributed by atoms with Gasteiger partial charge in [-0.25, -0.2) is 9.59 Å². The van der Waals surface area contributed by atoms with Gasteiger partial charge in [-0.1, -0.05) is 29.8 Å². The van der Waals surface area contributed by atoms with Gasteiger partial charge in [-0.3, -0.25) is 0 Å². The van der Waals surface area contributed by atoms with Crippen molar-refractivity contribution in [1.82, 2.24) is 0 Å². The van der Waals surface area contributed by atoms with Crippen LogP contribution in [0, 0.1) is 0 Å². The van der Waals surface area contributed by atoms with Crippen LogP contribution in [0.2, 0.25) is 5.02 Å². The molecule has 24 heavy (non-hydrogen) atoms. The van der Waals surface area contributed by atoms with Gasteiger partial charge in [0, 0.05) is 6.07 Å². The Morgan fingerprint density at radius 3 is 2.29 bits per heavy atom. The van der Waals surface area contributed by atoms with E-state index in [0.29, 0.717) is 11.3 Å². The Morgan fingerprint density at radius 1 is 1.04 bits per heavy atom. The number of methoxy groups -OCH3 is 1. The first-order valence-corrected chi connectivity index (χ1v) is 7.43. The first-order chi connectivity index (χ1) is 11.5. The lowest BCUT2D eigenvalue weighted by atomic mass is 10.2. The summed E-state index contributed by atoms with van der Waals surface area (Å²) in [5.41, 5.74) is 6.52. The standard InChI is InChI=1S/C17H16ClNO5/c1-22-15-10-14(19)13(18)9-12(15)17(21)24-8-7-23-16(20)11-5-3-2-4-6-11/h2-6,9-10H,7-8,19H2,1H3. The van der Waals surface area contributed by atoms with Gasteiger partial charge in [0.05, 0.1) is 23.4 Å². The van der Waals surface area contributed by atoms with Gasteiger partial charge in [-0.2, -0.15) is 0 Å². The highest BCUT2D eigenvalue weighted by Crippen LogP contribution is 2.29. The Morgan fingerprint density at radius 2 is 1.67 bits per heavy atom. The van der Waals surface area contributed by atoms with Crippen molar-refractivity contribution in [1.29, 1.82) is 0 Å². The summed E-state index contributed by atoms with van der Waals surface area (Å²) in [6, 6.07) is 11.3. The maximum atomic E-state index is 12.1. The van der Waals surface area contributed by atoms with Gasteiger partial charge in [-0.05, 0) is 18.2 Å². The van der Waals surface area contributed by atoms with Gasteiger partial charge in [0.1, 0.15) is 24.5 Å². The third-order valence-electron chi connectivity index (χ3n) is 3.10. The third kappa shape index (κ3) is 4.39. The molecule has 7 heteroatoms. The second kappa shape index (κ2) is 8.21. The minimum atomic E-state index is -0.649. The average molecular weight is 350 g/mol. The van der Waals surface area contributed by atoms with Crippen molar-refractivity contribution in [2.24, 2.45) is 0 Å². The second-order valence-corrected chi connectivity index (χ2v) is 5.12. The Hall–Kier alpha value is -2.73. The largest absolute Gasteiger partial charge is 0.496 e. The van der Waals surface area contributed by atoms with Crippen LogP contribution in [0.3, 0.4) is 0 Å². The molecule has 0 atom stereocenters. The van der Waals surface area contributed by atoms with Crippen LogP contribution >= 0.6 is 11.6 Å². The molecule has 0 amide bonds. The minimum Gasteiger partial charge on any atom is -0.496 e. The summed E-state index contributed by atoms with van der Waals surface area (Å²) in [7, 11) is 1.40. The number of benzene rings is 2. The maximum Gasteiger partial charge on any atom is 0.342 e. The number of halogens is 1. The summed E-state index contributed by atoms with van der Waals surface area (Å²) >= 11 is 5.90. The SMILES string of the molecule is COc1cc(N)c(Cl)cc1C(=O)OCCOC(=O)c1ccccc1. The first-order valence-electron chi connectivity index (χ1n) is 7.05. The van der Waals surface area contributed by atoms with Crippen LogP contribution in [0.15, 0.2) is 42.5 Å². The Kier molecular flexibility index (Phi) is 6.03. The van der Waals surface area contributed by atoms with E-state index in [9.17, 15) is 9.59 Å². The van der Waals surface area contributed by atoms with Gasteiger partial charge >= 0.3 is 11.9 Å². The third-order valence-corrected chi connectivity index (χ3v) is 3.43. The molecule has 0 aliphatic heterocycles. The van der Waals surface area contributed by atoms with Gasteiger partial charge in [0.25, 0.3) is 0 Å². The quantitative estimate of drug-likeness (QED) is 0.490. The number of ether oxygens (including phenoxy) is 3. The lowest BCUT2D eigenvalue weighted by Crippen LogP contribution is -2.15. The molecular weight excluding hydrogens is 334 g/mol. The van der Waals surface area contributed by atoms with Crippen molar-refractivity contribution in [2.45, 2.75) is 0 Å². The Labute approximate surface area is 144 Å². The van der Waals surface area contributed by atoms with E-state index in [1.54, 1.807) is 30.3 Å². The summed E-state index contributed by atoms with van der Waals surface area (Å²) in [5.74, 6) is -0.882. The van der Waals surface area contributed by atoms with E-state index in [1.165, 1.54) is 19.2 Å². The molecule has 2 aromatic carbocycles. The van der Waals surface area contributed by atoms with E-state index in [0.717, 1.165) is 0 Å². The van der Waals surface area contributed by atoms with E-state index in [1.807, 2.05) is 0 Å². The first kappa shape index (κ1) is 17.6.